The van der Waals surface area contributed by atoms with Crippen LogP contribution >= 0.6 is 0 Å². The predicted molar refractivity (Wildman–Crippen MR) is 85.5 cm³/mol. The van der Waals surface area contributed by atoms with Crippen LogP contribution in [0, 0.1) is 0 Å². The Balaban J connectivity index is 2.30. The predicted octanol–water partition coefficient (Wildman–Crippen LogP) is 4.17. The molecule has 1 radical (unpaired) electrons. The standard InChI is InChI=1S/C17H20N3O/c1-13(16-10-5-6-11-18-16)19-14-8-7-9-15(12-14)20(21)17(2,3)4/h5-12H,1-4H3. The van der Waals surface area contributed by atoms with Crippen LogP contribution < -0.4 is 5.06 Å². The van der Waals surface area contributed by atoms with Gasteiger partial charge in [0.1, 0.15) is 0 Å². The molecule has 0 amide bonds. The van der Waals surface area contributed by atoms with Crippen LogP contribution in [0.5, 0.6) is 0 Å². The van der Waals surface area contributed by atoms with E-state index in [2.05, 4.69) is 9.98 Å². The summed E-state index contributed by atoms with van der Waals surface area (Å²) in [6, 6.07) is 13.0. The van der Waals surface area contributed by atoms with Crippen molar-refractivity contribution in [2.24, 2.45) is 4.99 Å². The second kappa shape index (κ2) is 6.06. The van der Waals surface area contributed by atoms with Crippen molar-refractivity contribution in [3.05, 3.63) is 54.4 Å². The quantitative estimate of drug-likeness (QED) is 0.626. The minimum absolute atomic E-state index is 0.474. The van der Waals surface area contributed by atoms with Crippen LogP contribution in [-0.2, 0) is 5.21 Å². The van der Waals surface area contributed by atoms with Crippen molar-refractivity contribution < 1.29 is 5.21 Å². The molecule has 2 rings (SSSR count). The van der Waals surface area contributed by atoms with Gasteiger partial charge in [-0.1, -0.05) is 17.3 Å². The van der Waals surface area contributed by atoms with Crippen LogP contribution in [0.15, 0.2) is 53.7 Å². The van der Waals surface area contributed by atoms with Gasteiger partial charge in [-0.25, -0.2) is 5.06 Å². The Bertz CT molecular complexity index is 630. The fraction of sp³-hybridized carbons (Fsp3) is 0.294. The maximum absolute atomic E-state index is 12.2. The van der Waals surface area contributed by atoms with E-state index in [1.165, 1.54) is 0 Å². The van der Waals surface area contributed by atoms with E-state index in [4.69, 9.17) is 0 Å². The van der Waals surface area contributed by atoms with Gasteiger partial charge in [-0.05, 0) is 58.0 Å². The van der Waals surface area contributed by atoms with Crippen LogP contribution in [-0.4, -0.2) is 16.2 Å². The largest absolute Gasteiger partial charge is 0.255 e. The molecule has 0 aliphatic rings. The van der Waals surface area contributed by atoms with Gasteiger partial charge in [0.15, 0.2) is 0 Å². The van der Waals surface area contributed by atoms with Gasteiger partial charge in [-0.3, -0.25) is 9.98 Å². The first-order chi connectivity index (χ1) is 9.88. The zero-order chi connectivity index (χ0) is 15.5. The molecular formula is C17H20N3O. The summed E-state index contributed by atoms with van der Waals surface area (Å²) in [4.78, 5) is 8.81. The van der Waals surface area contributed by atoms with Crippen molar-refractivity contribution in [1.29, 1.82) is 0 Å². The van der Waals surface area contributed by atoms with Crippen LogP contribution in [0.4, 0.5) is 11.4 Å². The Labute approximate surface area is 125 Å². The van der Waals surface area contributed by atoms with Gasteiger partial charge in [0.05, 0.1) is 28.3 Å². The summed E-state index contributed by atoms with van der Waals surface area (Å²) in [6.45, 7) is 7.56. The molecule has 0 bridgehead atoms. The topological polar surface area (TPSA) is 48.4 Å². The highest BCUT2D eigenvalue weighted by Gasteiger charge is 2.21. The molecule has 0 N–H and O–H groups in total. The number of anilines is 1. The molecule has 0 saturated carbocycles. The van der Waals surface area contributed by atoms with Crippen molar-refractivity contribution in [3.8, 4) is 0 Å². The van der Waals surface area contributed by atoms with Crippen molar-refractivity contribution in [2.45, 2.75) is 33.2 Å². The molecule has 0 fully saturated rings. The molecule has 1 aromatic carbocycles. The third kappa shape index (κ3) is 3.89. The van der Waals surface area contributed by atoms with E-state index in [1.807, 2.05) is 58.0 Å². The lowest BCUT2D eigenvalue weighted by Gasteiger charge is -2.28. The lowest BCUT2D eigenvalue weighted by molar-refractivity contribution is 0.102. The Morgan fingerprint density at radius 3 is 2.52 bits per heavy atom. The Hall–Kier alpha value is -2.20. The van der Waals surface area contributed by atoms with Gasteiger partial charge in [0.2, 0.25) is 0 Å². The number of hydrogen-bond donors (Lipinski definition) is 0. The van der Waals surface area contributed by atoms with Gasteiger partial charge < -0.3 is 0 Å². The summed E-state index contributed by atoms with van der Waals surface area (Å²) in [5.74, 6) is 0. The van der Waals surface area contributed by atoms with E-state index in [0.29, 0.717) is 5.69 Å². The maximum atomic E-state index is 12.2. The molecule has 0 unspecified atom stereocenters. The summed E-state index contributed by atoms with van der Waals surface area (Å²) < 4.78 is 0. The fourth-order valence-electron chi connectivity index (χ4n) is 1.90. The number of pyridine rings is 1. The average Bonchev–Trinajstić information content (AvgIpc) is 2.46. The normalized spacial score (nSPS) is 12.3. The molecule has 109 valence electrons. The third-order valence-corrected chi connectivity index (χ3v) is 3.01. The van der Waals surface area contributed by atoms with Crippen LogP contribution in [0.3, 0.4) is 0 Å². The molecule has 2 aromatic rings. The summed E-state index contributed by atoms with van der Waals surface area (Å²) in [5, 5.41) is 13.2. The number of rotatable bonds is 3. The lowest BCUT2D eigenvalue weighted by Crippen LogP contribution is -2.37. The Morgan fingerprint density at radius 1 is 1.14 bits per heavy atom. The van der Waals surface area contributed by atoms with Crippen molar-refractivity contribution in [3.63, 3.8) is 0 Å². The maximum Gasteiger partial charge on any atom is 0.0841 e. The second-order valence-electron chi connectivity index (χ2n) is 5.90. The molecule has 1 aromatic heterocycles. The molecule has 0 spiro atoms. The lowest BCUT2D eigenvalue weighted by atomic mass is 10.1. The molecule has 21 heavy (non-hydrogen) atoms. The zero-order valence-electron chi connectivity index (χ0n) is 12.9. The van der Waals surface area contributed by atoms with Gasteiger partial charge in [-0.15, -0.1) is 0 Å². The molecule has 0 atom stereocenters. The summed E-state index contributed by atoms with van der Waals surface area (Å²) in [5.41, 5.74) is 2.54. The molecular weight excluding hydrogens is 262 g/mol. The van der Waals surface area contributed by atoms with Gasteiger partial charge in [0.25, 0.3) is 0 Å². The van der Waals surface area contributed by atoms with E-state index < -0.39 is 5.54 Å². The number of benzene rings is 1. The van der Waals surface area contributed by atoms with Crippen molar-refractivity contribution in [2.75, 3.05) is 5.06 Å². The fourth-order valence-corrected chi connectivity index (χ4v) is 1.90. The highest BCUT2D eigenvalue weighted by atomic mass is 16.5. The van der Waals surface area contributed by atoms with E-state index in [-0.39, 0.29) is 0 Å². The summed E-state index contributed by atoms with van der Waals surface area (Å²) in [7, 11) is 0. The van der Waals surface area contributed by atoms with Gasteiger partial charge >= 0.3 is 0 Å². The summed E-state index contributed by atoms with van der Waals surface area (Å²) >= 11 is 0. The minimum atomic E-state index is -0.474. The van der Waals surface area contributed by atoms with Gasteiger partial charge in [0, 0.05) is 6.20 Å². The smallest absolute Gasteiger partial charge is 0.0841 e. The molecule has 4 heteroatoms. The summed E-state index contributed by atoms with van der Waals surface area (Å²) in [6.07, 6.45) is 1.74. The van der Waals surface area contributed by atoms with Crippen LogP contribution in [0.2, 0.25) is 0 Å². The Morgan fingerprint density at radius 2 is 1.90 bits per heavy atom. The van der Waals surface area contributed by atoms with Crippen LogP contribution in [0.1, 0.15) is 33.4 Å². The number of nitrogens with zero attached hydrogens (tertiary/aromatic N) is 3. The van der Waals surface area contributed by atoms with E-state index in [0.717, 1.165) is 22.2 Å². The van der Waals surface area contributed by atoms with Crippen LogP contribution in [0.25, 0.3) is 0 Å². The zero-order valence-corrected chi connectivity index (χ0v) is 12.9. The minimum Gasteiger partial charge on any atom is -0.255 e. The van der Waals surface area contributed by atoms with Gasteiger partial charge in [-0.2, -0.15) is 0 Å². The highest BCUT2D eigenvalue weighted by molar-refractivity contribution is 5.98. The monoisotopic (exact) mass is 282 g/mol. The van der Waals surface area contributed by atoms with Crippen molar-refractivity contribution in [1.82, 2.24) is 4.98 Å². The third-order valence-electron chi connectivity index (χ3n) is 3.01. The van der Waals surface area contributed by atoms with E-state index in [1.54, 1.807) is 18.3 Å². The number of aromatic nitrogens is 1. The number of aliphatic imine (C=N–C) groups is 1. The van der Waals surface area contributed by atoms with Crippen molar-refractivity contribution >= 4 is 17.1 Å². The second-order valence-corrected chi connectivity index (χ2v) is 5.90. The number of hydrogen-bond acceptors (Lipinski definition) is 3. The molecule has 4 nitrogen and oxygen atoms in total. The van der Waals surface area contributed by atoms with E-state index in [9.17, 15) is 5.21 Å². The molecule has 0 saturated heterocycles. The molecule has 0 aliphatic carbocycles. The average molecular weight is 282 g/mol. The first-order valence-electron chi connectivity index (χ1n) is 6.92. The van der Waals surface area contributed by atoms with E-state index >= 15 is 0 Å². The first-order valence-corrected chi connectivity index (χ1v) is 6.92. The highest BCUT2D eigenvalue weighted by Crippen LogP contribution is 2.26. The molecule has 0 aliphatic heterocycles. The molecule has 1 heterocycles. The Kier molecular flexibility index (Phi) is 4.38. The number of hydroxylamine groups is 1. The SMILES string of the molecule is CC(=Nc1cccc(N([O])C(C)(C)C)c1)c1ccccn1. The first kappa shape index (κ1) is 15.2.